The number of hydrogen-bond acceptors (Lipinski definition) is 1. The van der Waals surface area contributed by atoms with Crippen molar-refractivity contribution in [2.45, 2.75) is 32.7 Å². The van der Waals surface area contributed by atoms with Crippen LogP contribution in [0.5, 0.6) is 0 Å². The molecular formula is C18H22ClN. The third-order valence-corrected chi connectivity index (χ3v) is 3.73. The summed E-state index contributed by atoms with van der Waals surface area (Å²) in [4.78, 5) is 0. The summed E-state index contributed by atoms with van der Waals surface area (Å²) in [6.45, 7) is 5.35. The maximum absolute atomic E-state index is 5.95. The van der Waals surface area contributed by atoms with Gasteiger partial charge in [-0.15, -0.1) is 0 Å². The summed E-state index contributed by atoms with van der Waals surface area (Å²) < 4.78 is 0. The Balaban J connectivity index is 2.14. The zero-order valence-corrected chi connectivity index (χ0v) is 13.0. The van der Waals surface area contributed by atoms with E-state index in [-0.39, 0.29) is 0 Å². The van der Waals surface area contributed by atoms with Crippen LogP contribution in [0.1, 0.15) is 36.1 Å². The Morgan fingerprint density at radius 2 is 1.65 bits per heavy atom. The number of nitrogens with one attached hydrogen (secondary N) is 1. The van der Waals surface area contributed by atoms with Crippen LogP contribution in [-0.2, 0) is 6.42 Å². The van der Waals surface area contributed by atoms with Gasteiger partial charge in [-0.1, -0.05) is 60.5 Å². The average Bonchev–Trinajstić information content (AvgIpc) is 2.46. The van der Waals surface area contributed by atoms with E-state index in [2.05, 4.69) is 55.6 Å². The lowest BCUT2D eigenvalue weighted by atomic mass is 9.98. The van der Waals surface area contributed by atoms with Gasteiger partial charge in [-0.3, -0.25) is 0 Å². The van der Waals surface area contributed by atoms with Gasteiger partial charge in [-0.05, 0) is 49.6 Å². The molecule has 2 aromatic rings. The Morgan fingerprint density at radius 3 is 2.25 bits per heavy atom. The van der Waals surface area contributed by atoms with Crippen molar-refractivity contribution in [3.05, 3.63) is 70.2 Å². The van der Waals surface area contributed by atoms with Gasteiger partial charge in [0.1, 0.15) is 0 Å². The lowest BCUT2D eigenvalue weighted by molar-refractivity contribution is 0.529. The molecule has 0 aliphatic heterocycles. The fraction of sp³-hybridized carbons (Fsp3) is 0.333. The van der Waals surface area contributed by atoms with Crippen molar-refractivity contribution in [2.24, 2.45) is 0 Å². The molecule has 1 nitrogen and oxygen atoms in total. The standard InChI is InChI=1S/C18H22ClN/c1-3-12-20-18(16-8-4-14(2)5-9-16)13-15-6-10-17(19)11-7-15/h4-11,18,20H,3,12-13H2,1-2H3. The summed E-state index contributed by atoms with van der Waals surface area (Å²) in [5, 5.41) is 4.43. The molecule has 0 aliphatic rings. The van der Waals surface area contributed by atoms with E-state index < -0.39 is 0 Å². The van der Waals surface area contributed by atoms with E-state index in [0.717, 1.165) is 24.4 Å². The van der Waals surface area contributed by atoms with Gasteiger partial charge in [0.25, 0.3) is 0 Å². The van der Waals surface area contributed by atoms with Crippen molar-refractivity contribution >= 4 is 11.6 Å². The molecule has 0 heterocycles. The molecular weight excluding hydrogens is 266 g/mol. The Bertz CT molecular complexity index is 516. The van der Waals surface area contributed by atoms with Gasteiger partial charge in [0.2, 0.25) is 0 Å². The number of rotatable bonds is 6. The lowest BCUT2D eigenvalue weighted by Crippen LogP contribution is -2.24. The summed E-state index contributed by atoms with van der Waals surface area (Å²) in [7, 11) is 0. The molecule has 1 atom stereocenters. The van der Waals surface area contributed by atoms with E-state index in [0.29, 0.717) is 6.04 Å². The average molecular weight is 288 g/mol. The number of hydrogen-bond donors (Lipinski definition) is 1. The zero-order valence-electron chi connectivity index (χ0n) is 12.2. The third kappa shape index (κ3) is 4.36. The zero-order chi connectivity index (χ0) is 14.4. The predicted octanol–water partition coefficient (Wildman–Crippen LogP) is 4.93. The van der Waals surface area contributed by atoms with Crippen LogP contribution in [0.2, 0.25) is 5.02 Å². The van der Waals surface area contributed by atoms with Gasteiger partial charge in [-0.25, -0.2) is 0 Å². The molecule has 0 aliphatic carbocycles. The smallest absolute Gasteiger partial charge is 0.0406 e. The molecule has 0 saturated carbocycles. The maximum atomic E-state index is 5.95. The van der Waals surface area contributed by atoms with Crippen LogP contribution in [-0.4, -0.2) is 6.54 Å². The van der Waals surface area contributed by atoms with Crippen molar-refractivity contribution in [1.29, 1.82) is 0 Å². The van der Waals surface area contributed by atoms with Crippen molar-refractivity contribution in [2.75, 3.05) is 6.54 Å². The predicted molar refractivity (Wildman–Crippen MR) is 87.4 cm³/mol. The first-order valence-corrected chi connectivity index (χ1v) is 7.61. The normalized spacial score (nSPS) is 12.3. The van der Waals surface area contributed by atoms with Crippen LogP contribution in [0.25, 0.3) is 0 Å². The summed E-state index contributed by atoms with van der Waals surface area (Å²) in [5.41, 5.74) is 3.96. The molecule has 0 aromatic heterocycles. The van der Waals surface area contributed by atoms with Crippen LogP contribution in [0.3, 0.4) is 0 Å². The monoisotopic (exact) mass is 287 g/mol. The van der Waals surface area contributed by atoms with Gasteiger partial charge >= 0.3 is 0 Å². The summed E-state index contributed by atoms with van der Waals surface area (Å²) in [6.07, 6.45) is 2.13. The van der Waals surface area contributed by atoms with E-state index >= 15 is 0 Å². The van der Waals surface area contributed by atoms with Gasteiger partial charge in [-0.2, -0.15) is 0 Å². The Morgan fingerprint density at radius 1 is 1.00 bits per heavy atom. The molecule has 0 amide bonds. The van der Waals surface area contributed by atoms with Crippen LogP contribution >= 0.6 is 11.6 Å². The van der Waals surface area contributed by atoms with Gasteiger partial charge in [0, 0.05) is 11.1 Å². The SMILES string of the molecule is CCCNC(Cc1ccc(Cl)cc1)c1ccc(C)cc1. The van der Waals surface area contributed by atoms with Crippen molar-refractivity contribution in [1.82, 2.24) is 5.32 Å². The Labute approximate surface area is 127 Å². The largest absolute Gasteiger partial charge is 0.310 e. The highest BCUT2D eigenvalue weighted by Gasteiger charge is 2.11. The second kappa shape index (κ2) is 7.47. The lowest BCUT2D eigenvalue weighted by Gasteiger charge is -2.19. The molecule has 0 saturated heterocycles. The van der Waals surface area contributed by atoms with Crippen molar-refractivity contribution in [3.8, 4) is 0 Å². The Hall–Kier alpha value is -1.31. The fourth-order valence-corrected chi connectivity index (χ4v) is 2.41. The van der Waals surface area contributed by atoms with Gasteiger partial charge in [0.05, 0.1) is 0 Å². The number of halogens is 1. The molecule has 2 aromatic carbocycles. The summed E-state index contributed by atoms with van der Waals surface area (Å²) in [5.74, 6) is 0. The van der Waals surface area contributed by atoms with Crippen molar-refractivity contribution < 1.29 is 0 Å². The van der Waals surface area contributed by atoms with E-state index in [1.165, 1.54) is 16.7 Å². The first kappa shape index (κ1) is 15.1. The van der Waals surface area contributed by atoms with Crippen LogP contribution in [0.4, 0.5) is 0 Å². The molecule has 20 heavy (non-hydrogen) atoms. The third-order valence-electron chi connectivity index (χ3n) is 3.47. The first-order chi connectivity index (χ1) is 9.69. The highest BCUT2D eigenvalue weighted by atomic mass is 35.5. The van der Waals surface area contributed by atoms with E-state index in [9.17, 15) is 0 Å². The van der Waals surface area contributed by atoms with E-state index in [1.807, 2.05) is 12.1 Å². The van der Waals surface area contributed by atoms with Crippen LogP contribution < -0.4 is 5.32 Å². The minimum absolute atomic E-state index is 0.358. The number of aryl methyl sites for hydroxylation is 1. The minimum Gasteiger partial charge on any atom is -0.310 e. The quantitative estimate of drug-likeness (QED) is 0.794. The second-order valence-corrected chi connectivity index (χ2v) is 5.68. The summed E-state index contributed by atoms with van der Waals surface area (Å²) >= 11 is 5.95. The van der Waals surface area contributed by atoms with Gasteiger partial charge < -0.3 is 5.32 Å². The molecule has 0 fully saturated rings. The summed E-state index contributed by atoms with van der Waals surface area (Å²) in [6, 6.07) is 17.3. The maximum Gasteiger partial charge on any atom is 0.0406 e. The van der Waals surface area contributed by atoms with Gasteiger partial charge in [0.15, 0.2) is 0 Å². The highest BCUT2D eigenvalue weighted by molar-refractivity contribution is 6.30. The van der Waals surface area contributed by atoms with E-state index in [4.69, 9.17) is 11.6 Å². The molecule has 106 valence electrons. The fourth-order valence-electron chi connectivity index (χ4n) is 2.28. The van der Waals surface area contributed by atoms with Crippen LogP contribution in [0.15, 0.2) is 48.5 Å². The van der Waals surface area contributed by atoms with E-state index in [1.54, 1.807) is 0 Å². The molecule has 1 unspecified atom stereocenters. The number of benzene rings is 2. The molecule has 2 rings (SSSR count). The van der Waals surface area contributed by atoms with Crippen molar-refractivity contribution in [3.63, 3.8) is 0 Å². The molecule has 0 bridgehead atoms. The Kier molecular flexibility index (Phi) is 5.63. The molecule has 1 N–H and O–H groups in total. The minimum atomic E-state index is 0.358. The molecule has 0 radical (unpaired) electrons. The second-order valence-electron chi connectivity index (χ2n) is 5.25. The first-order valence-electron chi connectivity index (χ1n) is 7.23. The molecule has 2 heteroatoms. The molecule has 0 spiro atoms. The highest BCUT2D eigenvalue weighted by Crippen LogP contribution is 2.20. The topological polar surface area (TPSA) is 12.0 Å². The van der Waals surface area contributed by atoms with Crippen LogP contribution in [0, 0.1) is 6.92 Å².